The average Bonchev–Trinajstić information content (AvgIpc) is 2.85. The number of nitrogens with zero attached hydrogens (tertiary/aromatic N) is 3. The minimum atomic E-state index is 0.937. The van der Waals surface area contributed by atoms with E-state index in [2.05, 4.69) is 36.1 Å². The van der Waals surface area contributed by atoms with E-state index < -0.39 is 0 Å². The lowest BCUT2D eigenvalue weighted by Crippen LogP contribution is -2.38. The maximum Gasteiger partial charge on any atom is 0.226 e. The van der Waals surface area contributed by atoms with E-state index in [0.717, 1.165) is 37.6 Å². The van der Waals surface area contributed by atoms with E-state index in [1.54, 1.807) is 0 Å². The third kappa shape index (κ3) is 1.89. The zero-order valence-electron chi connectivity index (χ0n) is 11.9. The summed E-state index contributed by atoms with van der Waals surface area (Å²) in [7, 11) is 0. The van der Waals surface area contributed by atoms with Gasteiger partial charge in [0, 0.05) is 29.9 Å². The van der Waals surface area contributed by atoms with Crippen LogP contribution in [0, 0.1) is 6.92 Å². The SMILES string of the molecule is Cc1ccc(-c2nc(N3CCC3)nc3c2CCC3)cc1. The van der Waals surface area contributed by atoms with Gasteiger partial charge in [-0.15, -0.1) is 0 Å². The van der Waals surface area contributed by atoms with Crippen LogP contribution in [-0.2, 0) is 12.8 Å². The quantitative estimate of drug-likeness (QED) is 0.835. The number of hydrogen-bond donors (Lipinski definition) is 0. The first-order chi connectivity index (χ1) is 9.81. The highest BCUT2D eigenvalue weighted by atomic mass is 15.3. The van der Waals surface area contributed by atoms with Crippen molar-refractivity contribution in [3.05, 3.63) is 41.1 Å². The van der Waals surface area contributed by atoms with Crippen molar-refractivity contribution in [3.8, 4) is 11.3 Å². The fourth-order valence-electron chi connectivity index (χ4n) is 3.03. The number of benzene rings is 1. The first-order valence-corrected chi connectivity index (χ1v) is 7.53. The standard InChI is InChI=1S/C17H19N3/c1-12-6-8-13(9-7-12)16-14-4-2-5-15(14)18-17(19-16)20-10-3-11-20/h6-9H,2-5,10-11H2,1H3. The Kier molecular flexibility index (Phi) is 2.72. The summed E-state index contributed by atoms with van der Waals surface area (Å²) in [4.78, 5) is 12.0. The minimum absolute atomic E-state index is 0.937. The molecule has 0 saturated carbocycles. The summed E-state index contributed by atoms with van der Waals surface area (Å²) in [6.45, 7) is 4.33. The molecule has 0 amide bonds. The van der Waals surface area contributed by atoms with Crippen LogP contribution in [0.3, 0.4) is 0 Å². The molecule has 0 atom stereocenters. The fourth-order valence-corrected chi connectivity index (χ4v) is 3.03. The Morgan fingerprint density at radius 1 is 0.950 bits per heavy atom. The largest absolute Gasteiger partial charge is 0.341 e. The molecule has 1 saturated heterocycles. The van der Waals surface area contributed by atoms with Crippen molar-refractivity contribution in [3.63, 3.8) is 0 Å². The van der Waals surface area contributed by atoms with Gasteiger partial charge in [0.15, 0.2) is 0 Å². The van der Waals surface area contributed by atoms with Gasteiger partial charge < -0.3 is 4.90 Å². The summed E-state index contributed by atoms with van der Waals surface area (Å²) in [5, 5.41) is 0. The van der Waals surface area contributed by atoms with Gasteiger partial charge in [-0.1, -0.05) is 29.8 Å². The molecule has 0 N–H and O–H groups in total. The van der Waals surface area contributed by atoms with Crippen molar-refractivity contribution in [2.45, 2.75) is 32.6 Å². The molecule has 3 heteroatoms. The maximum atomic E-state index is 4.88. The molecule has 0 spiro atoms. The lowest BCUT2D eigenvalue weighted by molar-refractivity contribution is 0.599. The van der Waals surface area contributed by atoms with E-state index in [1.807, 2.05) is 0 Å². The Morgan fingerprint density at radius 3 is 2.45 bits per heavy atom. The number of rotatable bonds is 2. The molecule has 102 valence electrons. The highest BCUT2D eigenvalue weighted by molar-refractivity contribution is 5.66. The van der Waals surface area contributed by atoms with Crippen molar-refractivity contribution >= 4 is 5.95 Å². The fraction of sp³-hybridized carbons (Fsp3) is 0.412. The lowest BCUT2D eigenvalue weighted by atomic mass is 10.0. The molecule has 0 unspecified atom stereocenters. The van der Waals surface area contributed by atoms with Crippen LogP contribution < -0.4 is 4.90 Å². The van der Waals surface area contributed by atoms with Crippen molar-refractivity contribution in [1.29, 1.82) is 0 Å². The third-order valence-electron chi connectivity index (χ3n) is 4.39. The highest BCUT2D eigenvalue weighted by Crippen LogP contribution is 2.32. The monoisotopic (exact) mass is 265 g/mol. The zero-order valence-corrected chi connectivity index (χ0v) is 11.9. The van der Waals surface area contributed by atoms with Gasteiger partial charge in [-0.25, -0.2) is 9.97 Å². The van der Waals surface area contributed by atoms with Crippen molar-refractivity contribution in [2.75, 3.05) is 18.0 Å². The molecule has 1 aromatic heterocycles. The predicted molar refractivity (Wildman–Crippen MR) is 81.1 cm³/mol. The van der Waals surface area contributed by atoms with Gasteiger partial charge in [0.25, 0.3) is 0 Å². The Bertz CT molecular complexity index is 642. The molecular weight excluding hydrogens is 246 g/mol. The van der Waals surface area contributed by atoms with Gasteiger partial charge in [0.1, 0.15) is 0 Å². The van der Waals surface area contributed by atoms with Crippen molar-refractivity contribution in [1.82, 2.24) is 9.97 Å². The second kappa shape index (κ2) is 4.58. The minimum Gasteiger partial charge on any atom is -0.341 e. The first-order valence-electron chi connectivity index (χ1n) is 7.53. The van der Waals surface area contributed by atoms with Gasteiger partial charge >= 0.3 is 0 Å². The zero-order chi connectivity index (χ0) is 13.5. The van der Waals surface area contributed by atoms with Crippen LogP contribution in [0.4, 0.5) is 5.95 Å². The van der Waals surface area contributed by atoms with Crippen LogP contribution >= 0.6 is 0 Å². The van der Waals surface area contributed by atoms with E-state index in [4.69, 9.17) is 9.97 Å². The van der Waals surface area contributed by atoms with Gasteiger partial charge in [0.05, 0.1) is 5.69 Å². The number of anilines is 1. The molecule has 0 bridgehead atoms. The molecule has 1 aliphatic heterocycles. The number of fused-ring (bicyclic) bond motifs is 1. The van der Waals surface area contributed by atoms with Gasteiger partial charge in [0.2, 0.25) is 5.95 Å². The molecule has 1 fully saturated rings. The molecule has 20 heavy (non-hydrogen) atoms. The molecule has 1 aromatic carbocycles. The Morgan fingerprint density at radius 2 is 1.75 bits per heavy atom. The average molecular weight is 265 g/mol. The smallest absolute Gasteiger partial charge is 0.226 e. The number of aryl methyl sites for hydroxylation is 2. The summed E-state index contributed by atoms with van der Waals surface area (Å²) < 4.78 is 0. The second-order valence-electron chi connectivity index (χ2n) is 5.86. The van der Waals surface area contributed by atoms with Crippen molar-refractivity contribution < 1.29 is 0 Å². The van der Waals surface area contributed by atoms with E-state index in [9.17, 15) is 0 Å². The van der Waals surface area contributed by atoms with Gasteiger partial charge in [-0.3, -0.25) is 0 Å². The molecule has 4 rings (SSSR count). The van der Waals surface area contributed by atoms with E-state index in [-0.39, 0.29) is 0 Å². The Labute approximate surface area is 119 Å². The van der Waals surface area contributed by atoms with E-state index in [0.29, 0.717) is 0 Å². The van der Waals surface area contributed by atoms with Crippen LogP contribution in [0.15, 0.2) is 24.3 Å². The van der Waals surface area contributed by atoms with Crippen LogP contribution in [0.25, 0.3) is 11.3 Å². The van der Waals surface area contributed by atoms with Crippen LogP contribution in [-0.4, -0.2) is 23.1 Å². The molecule has 0 radical (unpaired) electrons. The maximum absolute atomic E-state index is 4.88. The predicted octanol–water partition coefficient (Wildman–Crippen LogP) is 3.15. The summed E-state index contributed by atoms with van der Waals surface area (Å²) in [5.74, 6) is 0.937. The van der Waals surface area contributed by atoms with E-state index in [1.165, 1.54) is 35.2 Å². The van der Waals surface area contributed by atoms with Crippen LogP contribution in [0.5, 0.6) is 0 Å². The molecular formula is C17H19N3. The first kappa shape index (κ1) is 11.9. The van der Waals surface area contributed by atoms with Gasteiger partial charge in [-0.2, -0.15) is 0 Å². The second-order valence-corrected chi connectivity index (χ2v) is 5.86. The summed E-state index contributed by atoms with van der Waals surface area (Å²) in [5.41, 5.74) is 6.34. The summed E-state index contributed by atoms with van der Waals surface area (Å²) in [6.07, 6.45) is 4.71. The molecule has 2 aliphatic rings. The normalized spacial score (nSPS) is 16.9. The molecule has 3 nitrogen and oxygen atoms in total. The highest BCUT2D eigenvalue weighted by Gasteiger charge is 2.24. The van der Waals surface area contributed by atoms with Crippen LogP contribution in [0.1, 0.15) is 29.7 Å². The van der Waals surface area contributed by atoms with Gasteiger partial charge in [-0.05, 0) is 32.6 Å². The topological polar surface area (TPSA) is 29.0 Å². The molecule has 1 aliphatic carbocycles. The number of aromatic nitrogens is 2. The molecule has 2 heterocycles. The third-order valence-corrected chi connectivity index (χ3v) is 4.39. The summed E-state index contributed by atoms with van der Waals surface area (Å²) in [6, 6.07) is 8.72. The van der Waals surface area contributed by atoms with Crippen LogP contribution in [0.2, 0.25) is 0 Å². The lowest BCUT2D eigenvalue weighted by Gasteiger charge is -2.31. The van der Waals surface area contributed by atoms with Crippen molar-refractivity contribution in [2.24, 2.45) is 0 Å². The number of hydrogen-bond acceptors (Lipinski definition) is 3. The summed E-state index contributed by atoms with van der Waals surface area (Å²) >= 11 is 0. The Hall–Kier alpha value is -1.90. The molecule has 2 aromatic rings. The Balaban J connectivity index is 1.84. The van der Waals surface area contributed by atoms with E-state index >= 15 is 0 Å².